The lowest BCUT2D eigenvalue weighted by Gasteiger charge is -2.31. The van der Waals surface area contributed by atoms with E-state index in [9.17, 15) is 14.0 Å². The summed E-state index contributed by atoms with van der Waals surface area (Å²) in [5.74, 6) is -0.814. The normalized spacial score (nSPS) is 17.1. The number of benzene rings is 2. The van der Waals surface area contributed by atoms with Crippen LogP contribution in [-0.4, -0.2) is 47.8 Å². The van der Waals surface area contributed by atoms with Crippen LogP contribution >= 0.6 is 0 Å². The van der Waals surface area contributed by atoms with Gasteiger partial charge < -0.3 is 15.5 Å². The first-order valence-electron chi connectivity index (χ1n) is 9.08. The third kappa shape index (κ3) is 4.17. The van der Waals surface area contributed by atoms with Crippen LogP contribution in [0.4, 0.5) is 4.39 Å². The van der Waals surface area contributed by atoms with Crippen molar-refractivity contribution < 1.29 is 14.0 Å². The molecule has 0 radical (unpaired) electrons. The van der Waals surface area contributed by atoms with Crippen LogP contribution in [0.1, 0.15) is 29.3 Å². The van der Waals surface area contributed by atoms with Gasteiger partial charge in [0.05, 0.1) is 0 Å². The first-order chi connectivity index (χ1) is 12.9. The van der Waals surface area contributed by atoms with Crippen LogP contribution in [0.5, 0.6) is 0 Å². The average molecular weight is 369 g/mol. The lowest BCUT2D eigenvalue weighted by molar-refractivity contribution is -0.136. The number of halogens is 1. The number of nitrogens with two attached hydrogens (primary N) is 1. The second kappa shape index (κ2) is 7.88. The van der Waals surface area contributed by atoms with Crippen LogP contribution in [-0.2, 0) is 10.3 Å². The molecular weight excluding hydrogens is 345 g/mol. The predicted molar refractivity (Wildman–Crippen MR) is 101 cm³/mol. The van der Waals surface area contributed by atoms with Gasteiger partial charge in [0.2, 0.25) is 5.91 Å². The molecule has 2 aromatic carbocycles. The van der Waals surface area contributed by atoms with Gasteiger partial charge in [-0.25, -0.2) is 4.39 Å². The minimum Gasteiger partial charge on any atom is -0.339 e. The number of rotatable bonds is 3. The standard InChI is InChI=1S/C21H24FN3O2/c1-21(23,17-8-3-2-4-9-17)20(27)25-12-6-11-24(13-14-25)19(26)16-7-5-10-18(22)15-16/h2-5,7-10,15H,6,11-14,23H2,1H3. The highest BCUT2D eigenvalue weighted by Gasteiger charge is 2.35. The Hall–Kier alpha value is -2.73. The first kappa shape index (κ1) is 19.0. The molecule has 5 nitrogen and oxygen atoms in total. The van der Waals surface area contributed by atoms with Crippen molar-refractivity contribution in [2.24, 2.45) is 5.73 Å². The maximum Gasteiger partial charge on any atom is 0.254 e. The SMILES string of the molecule is CC(N)(C(=O)N1CCCN(C(=O)c2cccc(F)c2)CC1)c1ccccc1. The summed E-state index contributed by atoms with van der Waals surface area (Å²) in [4.78, 5) is 29.0. The maximum atomic E-state index is 13.4. The number of carbonyl (C=O) groups excluding carboxylic acids is 2. The van der Waals surface area contributed by atoms with Gasteiger partial charge in [-0.3, -0.25) is 9.59 Å². The summed E-state index contributed by atoms with van der Waals surface area (Å²) in [5.41, 5.74) is 6.31. The van der Waals surface area contributed by atoms with Crippen molar-refractivity contribution in [2.45, 2.75) is 18.9 Å². The highest BCUT2D eigenvalue weighted by Crippen LogP contribution is 2.21. The van der Waals surface area contributed by atoms with Crippen LogP contribution in [0.15, 0.2) is 54.6 Å². The first-order valence-corrected chi connectivity index (χ1v) is 9.08. The summed E-state index contributed by atoms with van der Waals surface area (Å²) < 4.78 is 13.4. The Labute approximate surface area is 158 Å². The Morgan fingerprint density at radius 1 is 0.963 bits per heavy atom. The molecule has 3 rings (SSSR count). The highest BCUT2D eigenvalue weighted by molar-refractivity contribution is 5.94. The van der Waals surface area contributed by atoms with E-state index in [1.807, 2.05) is 30.3 Å². The molecule has 1 unspecified atom stereocenters. The van der Waals surface area contributed by atoms with Gasteiger partial charge in [-0.2, -0.15) is 0 Å². The Balaban J connectivity index is 1.69. The zero-order valence-electron chi connectivity index (χ0n) is 15.4. The molecule has 1 saturated heterocycles. The van der Waals surface area contributed by atoms with E-state index in [1.54, 1.807) is 22.8 Å². The van der Waals surface area contributed by atoms with Crippen molar-refractivity contribution in [2.75, 3.05) is 26.2 Å². The van der Waals surface area contributed by atoms with E-state index in [-0.39, 0.29) is 11.8 Å². The second-order valence-corrected chi connectivity index (χ2v) is 7.02. The molecule has 1 heterocycles. The number of carbonyl (C=O) groups is 2. The Morgan fingerprint density at radius 3 is 2.33 bits per heavy atom. The lowest BCUT2D eigenvalue weighted by atomic mass is 9.91. The van der Waals surface area contributed by atoms with Gasteiger partial charge in [0.25, 0.3) is 5.91 Å². The molecule has 27 heavy (non-hydrogen) atoms. The van der Waals surface area contributed by atoms with Crippen molar-refractivity contribution in [1.82, 2.24) is 9.80 Å². The molecule has 1 atom stereocenters. The molecule has 6 heteroatoms. The average Bonchev–Trinajstić information content (AvgIpc) is 2.93. The predicted octanol–water partition coefficient (Wildman–Crippen LogP) is 2.37. The molecule has 0 bridgehead atoms. The zero-order valence-corrected chi connectivity index (χ0v) is 15.4. The van der Waals surface area contributed by atoms with Crippen molar-refractivity contribution in [3.63, 3.8) is 0 Å². The molecule has 1 aliphatic rings. The fourth-order valence-electron chi connectivity index (χ4n) is 3.36. The molecule has 2 amide bonds. The van der Waals surface area contributed by atoms with E-state index in [2.05, 4.69) is 0 Å². The fraction of sp³-hybridized carbons (Fsp3) is 0.333. The Kier molecular flexibility index (Phi) is 5.56. The van der Waals surface area contributed by atoms with Crippen LogP contribution < -0.4 is 5.73 Å². The largest absolute Gasteiger partial charge is 0.339 e. The topological polar surface area (TPSA) is 66.6 Å². The van der Waals surface area contributed by atoms with Crippen LogP contribution in [0.2, 0.25) is 0 Å². The summed E-state index contributed by atoms with van der Waals surface area (Å²) in [6.07, 6.45) is 0.650. The molecule has 0 saturated carbocycles. The second-order valence-electron chi connectivity index (χ2n) is 7.02. The van der Waals surface area contributed by atoms with E-state index >= 15 is 0 Å². The summed E-state index contributed by atoms with van der Waals surface area (Å²) in [6.45, 7) is 3.56. The third-order valence-corrected chi connectivity index (χ3v) is 4.96. The van der Waals surface area contributed by atoms with E-state index in [4.69, 9.17) is 5.73 Å². The fourth-order valence-corrected chi connectivity index (χ4v) is 3.36. The van der Waals surface area contributed by atoms with Crippen LogP contribution in [0.3, 0.4) is 0 Å². The van der Waals surface area contributed by atoms with Crippen molar-refractivity contribution in [3.8, 4) is 0 Å². The van der Waals surface area contributed by atoms with Gasteiger partial charge in [0, 0.05) is 31.7 Å². The quantitative estimate of drug-likeness (QED) is 0.903. The van der Waals surface area contributed by atoms with Gasteiger partial charge in [0.15, 0.2) is 0 Å². The van der Waals surface area contributed by atoms with Crippen LogP contribution in [0.25, 0.3) is 0 Å². The summed E-state index contributed by atoms with van der Waals surface area (Å²) in [5, 5.41) is 0. The summed E-state index contributed by atoms with van der Waals surface area (Å²) in [7, 11) is 0. The van der Waals surface area contributed by atoms with Gasteiger partial charge in [-0.05, 0) is 37.1 Å². The number of hydrogen-bond acceptors (Lipinski definition) is 3. The van der Waals surface area contributed by atoms with Crippen molar-refractivity contribution >= 4 is 11.8 Å². The van der Waals surface area contributed by atoms with Crippen molar-refractivity contribution in [1.29, 1.82) is 0 Å². The van der Waals surface area contributed by atoms with Crippen LogP contribution in [0, 0.1) is 5.82 Å². The Bertz CT molecular complexity index is 823. The third-order valence-electron chi connectivity index (χ3n) is 4.96. The van der Waals surface area contributed by atoms with Gasteiger partial charge in [-0.15, -0.1) is 0 Å². The van der Waals surface area contributed by atoms with E-state index < -0.39 is 11.4 Å². The van der Waals surface area contributed by atoms with E-state index in [1.165, 1.54) is 18.2 Å². The summed E-state index contributed by atoms with van der Waals surface area (Å²) >= 11 is 0. The number of hydrogen-bond donors (Lipinski definition) is 1. The summed E-state index contributed by atoms with van der Waals surface area (Å²) in [6, 6.07) is 15.0. The minimum atomic E-state index is -1.12. The molecular formula is C21H24FN3O2. The lowest BCUT2D eigenvalue weighted by Crippen LogP contribution is -2.51. The van der Waals surface area contributed by atoms with E-state index in [0.29, 0.717) is 38.2 Å². The maximum absolute atomic E-state index is 13.4. The number of amides is 2. The molecule has 0 aromatic heterocycles. The Morgan fingerprint density at radius 2 is 1.63 bits per heavy atom. The highest BCUT2D eigenvalue weighted by atomic mass is 19.1. The zero-order chi connectivity index (χ0) is 19.4. The molecule has 2 aromatic rings. The van der Waals surface area contributed by atoms with Crippen molar-refractivity contribution in [3.05, 3.63) is 71.5 Å². The molecule has 1 fully saturated rings. The molecule has 2 N–H and O–H groups in total. The van der Waals surface area contributed by atoms with E-state index in [0.717, 1.165) is 5.56 Å². The molecule has 0 spiro atoms. The van der Waals surface area contributed by atoms with Gasteiger partial charge in [0.1, 0.15) is 11.4 Å². The molecule has 1 aliphatic heterocycles. The molecule has 0 aliphatic carbocycles. The minimum absolute atomic E-state index is 0.159. The van der Waals surface area contributed by atoms with Gasteiger partial charge >= 0.3 is 0 Å². The van der Waals surface area contributed by atoms with Gasteiger partial charge in [-0.1, -0.05) is 36.4 Å². The monoisotopic (exact) mass is 369 g/mol. The smallest absolute Gasteiger partial charge is 0.254 e. The molecule has 142 valence electrons. The number of nitrogens with zero attached hydrogens (tertiary/aromatic N) is 2.